The van der Waals surface area contributed by atoms with Crippen LogP contribution in [0.25, 0.3) is 0 Å². The van der Waals surface area contributed by atoms with Crippen molar-refractivity contribution in [1.82, 2.24) is 4.90 Å². The van der Waals surface area contributed by atoms with Crippen molar-refractivity contribution in [2.45, 2.75) is 45.1 Å². The van der Waals surface area contributed by atoms with Crippen LogP contribution in [0.5, 0.6) is 0 Å². The molecule has 4 unspecified atom stereocenters. The average Bonchev–Trinajstić information content (AvgIpc) is 2.68. The van der Waals surface area contributed by atoms with Crippen LogP contribution < -0.4 is 5.73 Å². The highest BCUT2D eigenvalue weighted by Crippen LogP contribution is 2.28. The molecular formula is C13H22N2OS. The van der Waals surface area contributed by atoms with Crippen LogP contribution in [0.2, 0.25) is 0 Å². The first-order chi connectivity index (χ1) is 8.08. The molecule has 17 heavy (non-hydrogen) atoms. The molecule has 96 valence electrons. The van der Waals surface area contributed by atoms with Crippen LogP contribution in [-0.2, 0) is 4.74 Å². The lowest BCUT2D eigenvalue weighted by Gasteiger charge is -2.41. The van der Waals surface area contributed by atoms with Crippen molar-refractivity contribution in [1.29, 1.82) is 0 Å². The maximum absolute atomic E-state index is 6.17. The Labute approximate surface area is 108 Å². The predicted octanol–water partition coefficient (Wildman–Crippen LogP) is 2.25. The molecule has 1 saturated heterocycles. The minimum Gasteiger partial charge on any atom is -0.373 e. The summed E-state index contributed by atoms with van der Waals surface area (Å²) >= 11 is 1.74. The van der Waals surface area contributed by atoms with Gasteiger partial charge in [0.05, 0.1) is 18.2 Å². The maximum atomic E-state index is 6.17. The molecule has 1 aromatic heterocycles. The first-order valence-corrected chi connectivity index (χ1v) is 7.19. The van der Waals surface area contributed by atoms with Crippen LogP contribution in [0.4, 0.5) is 0 Å². The molecule has 3 nitrogen and oxygen atoms in total. The molecule has 0 amide bonds. The van der Waals surface area contributed by atoms with Crippen LogP contribution >= 0.6 is 11.3 Å². The molecule has 0 radical (unpaired) electrons. The van der Waals surface area contributed by atoms with Gasteiger partial charge in [-0.1, -0.05) is 0 Å². The SMILES string of the molecule is CC1CN(C(c2ccsc2)C(C)N)CC(C)O1. The third-order valence-corrected chi connectivity index (χ3v) is 3.93. The molecule has 0 bridgehead atoms. The van der Waals surface area contributed by atoms with Crippen molar-refractivity contribution in [3.05, 3.63) is 22.4 Å². The van der Waals surface area contributed by atoms with E-state index in [1.165, 1.54) is 5.56 Å². The number of hydrogen-bond donors (Lipinski definition) is 1. The van der Waals surface area contributed by atoms with Gasteiger partial charge < -0.3 is 10.5 Å². The summed E-state index contributed by atoms with van der Waals surface area (Å²) in [5, 5.41) is 4.33. The fraction of sp³-hybridized carbons (Fsp3) is 0.692. The average molecular weight is 254 g/mol. The van der Waals surface area contributed by atoms with E-state index in [4.69, 9.17) is 10.5 Å². The molecule has 1 fully saturated rings. The number of morpholine rings is 1. The van der Waals surface area contributed by atoms with Crippen molar-refractivity contribution >= 4 is 11.3 Å². The van der Waals surface area contributed by atoms with Gasteiger partial charge in [-0.05, 0) is 43.2 Å². The van der Waals surface area contributed by atoms with E-state index in [1.54, 1.807) is 11.3 Å². The topological polar surface area (TPSA) is 38.5 Å². The number of nitrogens with zero attached hydrogens (tertiary/aromatic N) is 1. The molecule has 2 heterocycles. The molecule has 0 saturated carbocycles. The first-order valence-electron chi connectivity index (χ1n) is 6.25. The largest absolute Gasteiger partial charge is 0.373 e. The van der Waals surface area contributed by atoms with Gasteiger partial charge in [-0.15, -0.1) is 0 Å². The van der Waals surface area contributed by atoms with E-state index >= 15 is 0 Å². The Morgan fingerprint density at radius 2 is 2.06 bits per heavy atom. The second-order valence-electron chi connectivity index (χ2n) is 5.07. The highest BCUT2D eigenvalue weighted by molar-refractivity contribution is 7.07. The Kier molecular flexibility index (Phi) is 4.20. The summed E-state index contributed by atoms with van der Waals surface area (Å²) in [4.78, 5) is 2.46. The molecule has 0 aliphatic carbocycles. The minimum atomic E-state index is 0.141. The van der Waals surface area contributed by atoms with Gasteiger partial charge in [0, 0.05) is 19.1 Å². The summed E-state index contributed by atoms with van der Waals surface area (Å²) in [5.41, 5.74) is 7.51. The van der Waals surface area contributed by atoms with Crippen LogP contribution in [0, 0.1) is 0 Å². The molecule has 0 aromatic carbocycles. The van der Waals surface area contributed by atoms with Gasteiger partial charge >= 0.3 is 0 Å². The number of nitrogens with two attached hydrogens (primary N) is 1. The smallest absolute Gasteiger partial charge is 0.0678 e. The Morgan fingerprint density at radius 1 is 1.41 bits per heavy atom. The van der Waals surface area contributed by atoms with Gasteiger partial charge in [-0.25, -0.2) is 0 Å². The summed E-state index contributed by atoms with van der Waals surface area (Å²) in [6.45, 7) is 8.29. The van der Waals surface area contributed by atoms with E-state index in [0.29, 0.717) is 18.2 Å². The maximum Gasteiger partial charge on any atom is 0.0678 e. The molecule has 1 aromatic rings. The molecule has 2 rings (SSSR count). The number of rotatable bonds is 3. The first kappa shape index (κ1) is 13.0. The second-order valence-corrected chi connectivity index (χ2v) is 5.85. The summed E-state index contributed by atoms with van der Waals surface area (Å²) in [7, 11) is 0. The van der Waals surface area contributed by atoms with Crippen LogP contribution in [0.1, 0.15) is 32.4 Å². The van der Waals surface area contributed by atoms with Crippen LogP contribution in [0.15, 0.2) is 16.8 Å². The van der Waals surface area contributed by atoms with Crippen molar-refractivity contribution in [2.75, 3.05) is 13.1 Å². The van der Waals surface area contributed by atoms with Crippen molar-refractivity contribution in [3.63, 3.8) is 0 Å². The van der Waals surface area contributed by atoms with Gasteiger partial charge in [0.1, 0.15) is 0 Å². The Morgan fingerprint density at radius 3 is 2.53 bits per heavy atom. The molecule has 4 heteroatoms. The summed E-state index contributed by atoms with van der Waals surface area (Å²) < 4.78 is 5.78. The van der Waals surface area contributed by atoms with E-state index < -0.39 is 0 Å². The van der Waals surface area contributed by atoms with Gasteiger partial charge in [0.25, 0.3) is 0 Å². The zero-order valence-electron chi connectivity index (χ0n) is 10.8. The van der Waals surface area contributed by atoms with E-state index in [9.17, 15) is 0 Å². The quantitative estimate of drug-likeness (QED) is 0.899. The monoisotopic (exact) mass is 254 g/mol. The third kappa shape index (κ3) is 3.07. The van der Waals surface area contributed by atoms with Crippen molar-refractivity contribution in [3.8, 4) is 0 Å². The fourth-order valence-electron chi connectivity index (χ4n) is 2.73. The molecule has 0 spiro atoms. The van der Waals surface area contributed by atoms with Crippen LogP contribution in [-0.4, -0.2) is 36.2 Å². The lowest BCUT2D eigenvalue weighted by Crippen LogP contribution is -2.50. The Hall–Kier alpha value is -0.420. The lowest BCUT2D eigenvalue weighted by atomic mass is 10.0. The van der Waals surface area contributed by atoms with E-state index in [0.717, 1.165) is 13.1 Å². The second kappa shape index (κ2) is 5.48. The highest BCUT2D eigenvalue weighted by Gasteiger charge is 2.30. The van der Waals surface area contributed by atoms with E-state index in [1.807, 2.05) is 0 Å². The molecule has 1 aliphatic rings. The number of ether oxygens (including phenoxy) is 1. The zero-order valence-corrected chi connectivity index (χ0v) is 11.6. The fourth-order valence-corrected chi connectivity index (χ4v) is 3.42. The summed E-state index contributed by atoms with van der Waals surface area (Å²) in [6, 6.07) is 2.64. The van der Waals surface area contributed by atoms with Gasteiger partial charge in [-0.2, -0.15) is 11.3 Å². The van der Waals surface area contributed by atoms with E-state index in [2.05, 4.69) is 42.5 Å². The molecule has 1 aliphatic heterocycles. The number of hydrogen-bond acceptors (Lipinski definition) is 4. The molecule has 4 atom stereocenters. The van der Waals surface area contributed by atoms with Gasteiger partial charge in [0.15, 0.2) is 0 Å². The Bertz CT molecular complexity index is 329. The minimum absolute atomic E-state index is 0.141. The summed E-state index contributed by atoms with van der Waals surface area (Å²) in [6.07, 6.45) is 0.581. The molecular weight excluding hydrogens is 232 g/mol. The molecule has 2 N–H and O–H groups in total. The van der Waals surface area contributed by atoms with Crippen molar-refractivity contribution < 1.29 is 4.74 Å². The van der Waals surface area contributed by atoms with Gasteiger partial charge in [-0.3, -0.25) is 4.90 Å². The van der Waals surface area contributed by atoms with E-state index in [-0.39, 0.29) is 6.04 Å². The third-order valence-electron chi connectivity index (χ3n) is 3.22. The standard InChI is InChI=1S/C13H22N2OS/c1-9-6-15(7-10(2)16-9)13(11(3)14)12-4-5-17-8-12/h4-5,8-11,13H,6-7,14H2,1-3H3. The van der Waals surface area contributed by atoms with Gasteiger partial charge in [0.2, 0.25) is 0 Å². The predicted molar refractivity (Wildman–Crippen MR) is 72.3 cm³/mol. The van der Waals surface area contributed by atoms with Crippen molar-refractivity contribution in [2.24, 2.45) is 5.73 Å². The highest BCUT2D eigenvalue weighted by atomic mass is 32.1. The Balaban J connectivity index is 2.16. The summed E-state index contributed by atoms with van der Waals surface area (Å²) in [5.74, 6) is 0. The lowest BCUT2D eigenvalue weighted by molar-refractivity contribution is -0.0830. The number of thiophene rings is 1. The van der Waals surface area contributed by atoms with Crippen LogP contribution in [0.3, 0.4) is 0 Å². The zero-order chi connectivity index (χ0) is 12.4. The normalized spacial score (nSPS) is 30.1.